The van der Waals surface area contributed by atoms with Crippen LogP contribution in [0.1, 0.15) is 29.8 Å². The highest BCUT2D eigenvalue weighted by molar-refractivity contribution is 5.92. The van der Waals surface area contributed by atoms with Gasteiger partial charge in [0.1, 0.15) is 17.6 Å². The molecule has 2 aromatic rings. The van der Waals surface area contributed by atoms with E-state index in [-0.39, 0.29) is 5.76 Å². The van der Waals surface area contributed by atoms with Crippen LogP contribution in [-0.4, -0.2) is 39.5 Å². The highest BCUT2D eigenvalue weighted by atomic mass is 19.1. The van der Waals surface area contributed by atoms with Crippen molar-refractivity contribution in [3.05, 3.63) is 41.9 Å². The van der Waals surface area contributed by atoms with Gasteiger partial charge in [-0.3, -0.25) is 4.79 Å². The summed E-state index contributed by atoms with van der Waals surface area (Å²) >= 11 is 0. The normalized spacial score (nSPS) is 24.4. The van der Waals surface area contributed by atoms with Gasteiger partial charge in [0.15, 0.2) is 0 Å². The summed E-state index contributed by atoms with van der Waals surface area (Å²) in [6.07, 6.45) is -0.0346. The molecule has 0 radical (unpaired) electrons. The average molecular weight is 320 g/mol. The average Bonchev–Trinajstić information content (AvgIpc) is 3.02. The first-order valence-electron chi connectivity index (χ1n) is 7.44. The molecule has 1 aromatic carbocycles. The number of hydrogen-bond donors (Lipinski definition) is 3. The van der Waals surface area contributed by atoms with Gasteiger partial charge < -0.3 is 20.1 Å². The number of halogens is 1. The molecule has 1 amide bonds. The van der Waals surface area contributed by atoms with Crippen molar-refractivity contribution < 1.29 is 23.9 Å². The van der Waals surface area contributed by atoms with E-state index in [2.05, 4.69) is 10.5 Å². The molecule has 1 fully saturated rings. The summed E-state index contributed by atoms with van der Waals surface area (Å²) in [5.74, 6) is -0.967. The van der Waals surface area contributed by atoms with E-state index in [4.69, 9.17) is 4.52 Å². The number of carbonyl (C=O) groups is 1. The first kappa shape index (κ1) is 15.6. The molecule has 1 saturated carbocycles. The lowest BCUT2D eigenvalue weighted by Gasteiger charge is -2.31. The molecule has 1 heterocycles. The maximum Gasteiger partial charge on any atom is 0.290 e. The number of benzene rings is 1. The van der Waals surface area contributed by atoms with Crippen LogP contribution in [0.15, 0.2) is 34.9 Å². The van der Waals surface area contributed by atoms with Crippen molar-refractivity contribution in [1.29, 1.82) is 0 Å². The highest BCUT2D eigenvalue weighted by Crippen LogP contribution is 2.22. The predicted octanol–water partition coefficient (Wildman–Crippen LogP) is 1.48. The third-order valence-corrected chi connectivity index (χ3v) is 3.99. The van der Waals surface area contributed by atoms with Crippen LogP contribution in [0.4, 0.5) is 4.39 Å². The fourth-order valence-corrected chi connectivity index (χ4v) is 2.72. The van der Waals surface area contributed by atoms with Crippen molar-refractivity contribution in [3.63, 3.8) is 0 Å². The summed E-state index contributed by atoms with van der Waals surface area (Å²) in [5.41, 5.74) is 0.847. The van der Waals surface area contributed by atoms with Gasteiger partial charge in [-0.05, 0) is 31.4 Å². The molecule has 1 aliphatic carbocycles. The number of aliphatic hydroxyl groups is 2. The molecule has 3 rings (SSSR count). The molecule has 23 heavy (non-hydrogen) atoms. The van der Waals surface area contributed by atoms with Crippen molar-refractivity contribution >= 4 is 5.91 Å². The van der Waals surface area contributed by atoms with Crippen molar-refractivity contribution in [2.45, 2.75) is 37.5 Å². The minimum Gasteiger partial charge on any atom is -0.390 e. The van der Waals surface area contributed by atoms with E-state index in [1.54, 1.807) is 12.1 Å². The topological polar surface area (TPSA) is 95.6 Å². The quantitative estimate of drug-likeness (QED) is 0.796. The van der Waals surface area contributed by atoms with Crippen molar-refractivity contribution in [2.24, 2.45) is 0 Å². The molecule has 1 aromatic heterocycles. The third-order valence-electron chi connectivity index (χ3n) is 3.99. The van der Waals surface area contributed by atoms with E-state index in [1.165, 1.54) is 18.2 Å². The molecule has 1 aliphatic rings. The van der Waals surface area contributed by atoms with Gasteiger partial charge >= 0.3 is 0 Å². The van der Waals surface area contributed by atoms with E-state index in [0.717, 1.165) is 0 Å². The van der Waals surface area contributed by atoms with E-state index in [0.29, 0.717) is 30.5 Å². The largest absolute Gasteiger partial charge is 0.390 e. The first-order valence-corrected chi connectivity index (χ1v) is 7.44. The Hall–Kier alpha value is -2.25. The van der Waals surface area contributed by atoms with Crippen LogP contribution in [-0.2, 0) is 0 Å². The van der Waals surface area contributed by atoms with Crippen LogP contribution in [0, 0.1) is 5.82 Å². The van der Waals surface area contributed by atoms with Crippen LogP contribution >= 0.6 is 0 Å². The summed E-state index contributed by atoms with van der Waals surface area (Å²) in [6, 6.07) is 6.68. The number of hydrogen-bond acceptors (Lipinski definition) is 5. The van der Waals surface area contributed by atoms with Gasteiger partial charge in [-0.25, -0.2) is 4.39 Å². The Morgan fingerprint density at radius 2 is 2.13 bits per heavy atom. The lowest BCUT2D eigenvalue weighted by molar-refractivity contribution is -0.0280. The fraction of sp³-hybridized carbons (Fsp3) is 0.375. The minimum atomic E-state index is -1.00. The van der Waals surface area contributed by atoms with Gasteiger partial charge in [-0.15, -0.1) is 0 Å². The predicted molar refractivity (Wildman–Crippen MR) is 79.0 cm³/mol. The molecular formula is C16H17FN2O4. The zero-order valence-corrected chi connectivity index (χ0v) is 12.3. The standard InChI is InChI=1S/C16H17FN2O4/c17-10-4-1-3-9(7-10)12-8-14(23-19-12)16(22)18-11-5-2-6-13(20)15(11)21/h1,3-4,7-8,11,13,15,20-21H,2,5-6H2,(H,18,22)/t11-,13-,15-/m1/s1. The second-order valence-corrected chi connectivity index (χ2v) is 5.66. The molecule has 0 spiro atoms. The highest BCUT2D eigenvalue weighted by Gasteiger charge is 2.32. The molecule has 3 atom stereocenters. The van der Waals surface area contributed by atoms with Gasteiger partial charge in [-0.1, -0.05) is 17.3 Å². The second kappa shape index (κ2) is 6.47. The molecule has 122 valence electrons. The minimum absolute atomic E-state index is 0.0310. The number of aromatic nitrogens is 1. The number of nitrogens with zero attached hydrogens (tertiary/aromatic N) is 1. The first-order chi connectivity index (χ1) is 11.0. The Labute approximate surface area is 131 Å². The van der Waals surface area contributed by atoms with Gasteiger partial charge in [0.25, 0.3) is 5.91 Å². The van der Waals surface area contributed by atoms with Gasteiger partial charge in [0, 0.05) is 11.6 Å². The van der Waals surface area contributed by atoms with Crippen LogP contribution in [0.5, 0.6) is 0 Å². The Balaban J connectivity index is 1.71. The monoisotopic (exact) mass is 320 g/mol. The van der Waals surface area contributed by atoms with E-state index in [1.807, 2.05) is 0 Å². The summed E-state index contributed by atoms with van der Waals surface area (Å²) in [7, 11) is 0. The number of carbonyl (C=O) groups excluding carboxylic acids is 1. The number of rotatable bonds is 3. The summed E-state index contributed by atoms with van der Waals surface area (Å²) in [5, 5.41) is 25.9. The molecular weight excluding hydrogens is 303 g/mol. The Bertz CT molecular complexity index is 703. The Morgan fingerprint density at radius 3 is 2.91 bits per heavy atom. The summed E-state index contributed by atoms with van der Waals surface area (Å²) in [6.45, 7) is 0. The molecule has 0 bridgehead atoms. The van der Waals surface area contributed by atoms with E-state index >= 15 is 0 Å². The van der Waals surface area contributed by atoms with Crippen LogP contribution in [0.3, 0.4) is 0 Å². The summed E-state index contributed by atoms with van der Waals surface area (Å²) < 4.78 is 18.2. The Morgan fingerprint density at radius 1 is 1.30 bits per heavy atom. The molecule has 6 nitrogen and oxygen atoms in total. The number of nitrogens with one attached hydrogen (secondary N) is 1. The zero-order valence-electron chi connectivity index (χ0n) is 12.3. The smallest absolute Gasteiger partial charge is 0.290 e. The van der Waals surface area contributed by atoms with Gasteiger partial charge in [0.05, 0.1) is 12.1 Å². The molecule has 0 saturated heterocycles. The van der Waals surface area contributed by atoms with Crippen LogP contribution < -0.4 is 5.32 Å². The van der Waals surface area contributed by atoms with Gasteiger partial charge in [-0.2, -0.15) is 0 Å². The molecule has 3 N–H and O–H groups in total. The maximum atomic E-state index is 13.2. The third kappa shape index (κ3) is 3.40. The fourth-order valence-electron chi connectivity index (χ4n) is 2.72. The molecule has 0 unspecified atom stereocenters. The SMILES string of the molecule is O=C(N[C@@H]1CCC[C@@H](O)[C@@H]1O)c1cc(-c2cccc(F)c2)no1. The number of aliphatic hydroxyl groups excluding tert-OH is 2. The van der Waals surface area contributed by atoms with E-state index in [9.17, 15) is 19.4 Å². The lowest BCUT2D eigenvalue weighted by atomic mass is 9.90. The van der Waals surface area contributed by atoms with Gasteiger partial charge in [0.2, 0.25) is 5.76 Å². The molecule has 7 heteroatoms. The molecule has 0 aliphatic heterocycles. The second-order valence-electron chi connectivity index (χ2n) is 5.66. The van der Waals surface area contributed by atoms with Crippen molar-refractivity contribution in [1.82, 2.24) is 10.5 Å². The summed E-state index contributed by atoms with van der Waals surface area (Å²) in [4.78, 5) is 12.2. The van der Waals surface area contributed by atoms with Crippen LogP contribution in [0.2, 0.25) is 0 Å². The van der Waals surface area contributed by atoms with Crippen LogP contribution in [0.25, 0.3) is 11.3 Å². The number of amides is 1. The maximum absolute atomic E-state index is 13.2. The van der Waals surface area contributed by atoms with Crippen molar-refractivity contribution in [2.75, 3.05) is 0 Å². The van der Waals surface area contributed by atoms with E-state index < -0.39 is 30.0 Å². The Kier molecular flexibility index (Phi) is 4.40. The lowest BCUT2D eigenvalue weighted by Crippen LogP contribution is -2.50. The van der Waals surface area contributed by atoms with Crippen molar-refractivity contribution in [3.8, 4) is 11.3 Å². The zero-order chi connectivity index (χ0) is 16.4.